The molecule has 3 rings (SSSR count). The summed E-state index contributed by atoms with van der Waals surface area (Å²) in [5.74, 6) is 1.88. The van der Waals surface area contributed by atoms with Crippen LogP contribution in [0.1, 0.15) is 120 Å². The van der Waals surface area contributed by atoms with Crippen molar-refractivity contribution < 1.29 is 19.0 Å². The summed E-state index contributed by atoms with van der Waals surface area (Å²) in [4.78, 5) is 12.4. The monoisotopic (exact) mass is 560 g/mol. The van der Waals surface area contributed by atoms with Gasteiger partial charge in [-0.1, -0.05) is 116 Å². The third-order valence-corrected chi connectivity index (χ3v) is 7.69. The third kappa shape index (κ3) is 12.6. The van der Waals surface area contributed by atoms with Crippen LogP contribution in [0, 0.1) is 5.92 Å². The molecule has 3 aromatic rings. The third-order valence-electron chi connectivity index (χ3n) is 7.69. The molecule has 0 aliphatic rings. The Labute approximate surface area is 248 Å². The Balaban J connectivity index is 1.37. The molecule has 0 heterocycles. The highest BCUT2D eigenvalue weighted by Gasteiger charge is 2.10. The molecule has 0 unspecified atom stereocenters. The molecular weight excluding hydrogens is 508 g/mol. The number of hydrogen-bond acceptors (Lipinski definition) is 4. The number of benzene rings is 3. The van der Waals surface area contributed by atoms with Gasteiger partial charge in [-0.15, -0.1) is 0 Å². The first kappa shape index (κ1) is 32.5. The second-order valence-electron chi connectivity index (χ2n) is 11.5. The molecule has 0 bridgehead atoms. The van der Waals surface area contributed by atoms with Crippen LogP contribution in [0.5, 0.6) is 11.5 Å². The minimum absolute atomic E-state index is 0.256. The zero-order valence-corrected chi connectivity index (χ0v) is 25.8. The molecule has 0 fully saturated rings. The molecule has 0 N–H and O–H groups in total. The van der Waals surface area contributed by atoms with Gasteiger partial charge in [-0.2, -0.15) is 0 Å². The lowest BCUT2D eigenvalue weighted by Gasteiger charge is -2.12. The van der Waals surface area contributed by atoms with Gasteiger partial charge in [0, 0.05) is 0 Å². The van der Waals surface area contributed by atoms with E-state index in [0.717, 1.165) is 47.3 Å². The van der Waals surface area contributed by atoms with Crippen molar-refractivity contribution in [2.75, 3.05) is 13.2 Å². The van der Waals surface area contributed by atoms with Crippen molar-refractivity contribution in [2.45, 2.75) is 111 Å². The van der Waals surface area contributed by atoms with Gasteiger partial charge in [0.15, 0.2) is 0 Å². The van der Waals surface area contributed by atoms with Gasteiger partial charge in [0.2, 0.25) is 0 Å². The van der Waals surface area contributed by atoms with E-state index in [-0.39, 0.29) is 5.97 Å². The average Bonchev–Trinajstić information content (AvgIpc) is 3.00. The largest absolute Gasteiger partial charge is 0.494 e. The predicted molar refractivity (Wildman–Crippen MR) is 171 cm³/mol. The lowest BCUT2D eigenvalue weighted by Crippen LogP contribution is -2.12. The van der Waals surface area contributed by atoms with E-state index in [1.165, 1.54) is 70.6 Å². The highest BCUT2D eigenvalue weighted by atomic mass is 16.5. The van der Waals surface area contributed by atoms with Gasteiger partial charge in [0.25, 0.3) is 0 Å². The molecule has 1 atom stereocenters. The number of rotatable bonds is 21. The normalized spacial score (nSPS) is 11.9. The van der Waals surface area contributed by atoms with E-state index in [0.29, 0.717) is 24.7 Å². The highest BCUT2D eigenvalue weighted by molar-refractivity contribution is 5.89. The van der Waals surface area contributed by atoms with E-state index in [1.807, 2.05) is 36.4 Å². The van der Waals surface area contributed by atoms with E-state index in [2.05, 4.69) is 45.0 Å². The summed E-state index contributed by atoms with van der Waals surface area (Å²) in [6.45, 7) is 8.32. The standard InChI is InChI=1S/C37H52O4/c1-4-6-8-10-11-12-13-15-25-39-35-23-21-34-27-36(24-22-33(34)26-35)40-29-31-17-19-32(20-18-31)37(38)41-28-30(3)16-14-9-7-5-2/h17-24,26-27,30H,4-16,25,28-29H2,1-3H3/t30-/m1/s1. The zero-order chi connectivity index (χ0) is 29.1. The van der Waals surface area contributed by atoms with Crippen LogP contribution < -0.4 is 9.47 Å². The molecule has 0 saturated carbocycles. The maximum atomic E-state index is 12.4. The average molecular weight is 561 g/mol. The van der Waals surface area contributed by atoms with Crippen molar-refractivity contribution >= 4 is 16.7 Å². The van der Waals surface area contributed by atoms with Crippen LogP contribution in [0.25, 0.3) is 10.8 Å². The minimum Gasteiger partial charge on any atom is -0.494 e. The van der Waals surface area contributed by atoms with Crippen LogP contribution in [0.4, 0.5) is 0 Å². The number of hydrogen-bond donors (Lipinski definition) is 0. The lowest BCUT2D eigenvalue weighted by atomic mass is 10.0. The molecule has 0 spiro atoms. The molecule has 4 nitrogen and oxygen atoms in total. The summed E-state index contributed by atoms with van der Waals surface area (Å²) < 4.78 is 17.6. The summed E-state index contributed by atoms with van der Waals surface area (Å²) in [6, 6.07) is 19.9. The summed E-state index contributed by atoms with van der Waals surface area (Å²) in [5, 5.41) is 2.27. The SMILES string of the molecule is CCCCCCCCCCOc1ccc2cc(OCc3ccc(C(=O)OC[C@H](C)CCCCCC)cc3)ccc2c1. The van der Waals surface area contributed by atoms with Crippen molar-refractivity contribution in [3.05, 3.63) is 71.8 Å². The Morgan fingerprint density at radius 2 is 1.22 bits per heavy atom. The van der Waals surface area contributed by atoms with Crippen molar-refractivity contribution in [1.29, 1.82) is 0 Å². The first-order chi connectivity index (χ1) is 20.1. The van der Waals surface area contributed by atoms with Crippen LogP contribution >= 0.6 is 0 Å². The summed E-state index contributed by atoms with van der Waals surface area (Å²) in [6.07, 6.45) is 16.5. The number of unbranched alkanes of at least 4 members (excludes halogenated alkanes) is 10. The molecule has 0 aliphatic carbocycles. The summed E-state index contributed by atoms with van der Waals surface area (Å²) >= 11 is 0. The second-order valence-corrected chi connectivity index (χ2v) is 11.5. The molecule has 0 saturated heterocycles. The molecule has 3 aromatic carbocycles. The second kappa shape index (κ2) is 19.2. The Kier molecular flexibility index (Phi) is 15.2. The summed E-state index contributed by atoms with van der Waals surface area (Å²) in [7, 11) is 0. The number of carbonyl (C=O) groups excluding carboxylic acids is 1. The molecule has 0 aromatic heterocycles. The fourth-order valence-electron chi connectivity index (χ4n) is 5.02. The van der Waals surface area contributed by atoms with Crippen molar-refractivity contribution in [3.8, 4) is 11.5 Å². The predicted octanol–water partition coefficient (Wildman–Crippen LogP) is 10.7. The lowest BCUT2D eigenvalue weighted by molar-refractivity contribution is 0.0442. The Hall–Kier alpha value is -3.01. The maximum Gasteiger partial charge on any atom is 0.338 e. The number of ether oxygens (including phenoxy) is 3. The Morgan fingerprint density at radius 3 is 1.85 bits per heavy atom. The van der Waals surface area contributed by atoms with Gasteiger partial charge in [-0.3, -0.25) is 0 Å². The van der Waals surface area contributed by atoms with E-state index in [9.17, 15) is 4.79 Å². The van der Waals surface area contributed by atoms with E-state index >= 15 is 0 Å². The fourth-order valence-corrected chi connectivity index (χ4v) is 5.02. The molecule has 224 valence electrons. The van der Waals surface area contributed by atoms with Crippen molar-refractivity contribution in [1.82, 2.24) is 0 Å². The Bertz CT molecular complexity index is 1140. The highest BCUT2D eigenvalue weighted by Crippen LogP contribution is 2.26. The minimum atomic E-state index is -0.256. The van der Waals surface area contributed by atoms with Crippen LogP contribution in [0.3, 0.4) is 0 Å². The number of esters is 1. The molecule has 0 amide bonds. The molecule has 4 heteroatoms. The van der Waals surface area contributed by atoms with Crippen LogP contribution in [0.15, 0.2) is 60.7 Å². The van der Waals surface area contributed by atoms with Crippen LogP contribution in [-0.4, -0.2) is 19.2 Å². The van der Waals surface area contributed by atoms with Gasteiger partial charge in [0.1, 0.15) is 18.1 Å². The first-order valence-electron chi connectivity index (χ1n) is 16.1. The zero-order valence-electron chi connectivity index (χ0n) is 25.8. The van der Waals surface area contributed by atoms with Crippen molar-refractivity contribution in [3.63, 3.8) is 0 Å². The number of fused-ring (bicyclic) bond motifs is 1. The van der Waals surface area contributed by atoms with E-state index < -0.39 is 0 Å². The molecule has 0 aliphatic heterocycles. The molecular formula is C37H52O4. The molecule has 41 heavy (non-hydrogen) atoms. The van der Waals surface area contributed by atoms with Gasteiger partial charge in [-0.25, -0.2) is 4.79 Å². The quantitative estimate of drug-likeness (QED) is 0.0960. The Morgan fingerprint density at radius 1 is 0.659 bits per heavy atom. The summed E-state index contributed by atoms with van der Waals surface area (Å²) in [5.41, 5.74) is 1.59. The van der Waals surface area contributed by atoms with Crippen LogP contribution in [-0.2, 0) is 11.3 Å². The molecule has 0 radical (unpaired) electrons. The fraction of sp³-hybridized carbons (Fsp3) is 0.541. The maximum absolute atomic E-state index is 12.4. The van der Waals surface area contributed by atoms with Gasteiger partial charge in [0.05, 0.1) is 18.8 Å². The van der Waals surface area contributed by atoms with Gasteiger partial charge < -0.3 is 14.2 Å². The van der Waals surface area contributed by atoms with E-state index in [1.54, 1.807) is 0 Å². The van der Waals surface area contributed by atoms with Crippen molar-refractivity contribution in [2.24, 2.45) is 5.92 Å². The number of carbonyl (C=O) groups is 1. The topological polar surface area (TPSA) is 44.8 Å². The first-order valence-corrected chi connectivity index (χ1v) is 16.1. The smallest absolute Gasteiger partial charge is 0.338 e. The van der Waals surface area contributed by atoms with Gasteiger partial charge >= 0.3 is 5.97 Å². The van der Waals surface area contributed by atoms with E-state index in [4.69, 9.17) is 14.2 Å². The van der Waals surface area contributed by atoms with Crippen LogP contribution in [0.2, 0.25) is 0 Å². The van der Waals surface area contributed by atoms with Gasteiger partial charge in [-0.05, 0) is 71.5 Å².